The molecule has 0 atom stereocenters. The number of amides is 1. The minimum Gasteiger partial charge on any atom is -0.326 e. The number of hydrogen-bond donors (Lipinski definition) is 2. The summed E-state index contributed by atoms with van der Waals surface area (Å²) in [4.78, 5) is 16.2. The normalized spacial score (nSPS) is 10.6. The van der Waals surface area contributed by atoms with Crippen LogP contribution in [0.3, 0.4) is 0 Å². The summed E-state index contributed by atoms with van der Waals surface area (Å²) in [6, 6.07) is 12.9. The van der Waals surface area contributed by atoms with Gasteiger partial charge in [0.15, 0.2) is 17.5 Å². The number of carbonyl (C=O) groups excluding carboxylic acids is 1. The fraction of sp³-hybridized carbons (Fsp3) is 0.118. The van der Waals surface area contributed by atoms with Crippen LogP contribution >= 0.6 is 0 Å². The van der Waals surface area contributed by atoms with Gasteiger partial charge in [0.05, 0.1) is 6.42 Å². The molecule has 122 valence electrons. The zero-order valence-electron chi connectivity index (χ0n) is 12.6. The molecular formula is C17H14F2N4O. The van der Waals surface area contributed by atoms with Gasteiger partial charge in [0, 0.05) is 18.2 Å². The number of aromatic nitrogens is 3. The molecule has 0 bridgehead atoms. The Kier molecular flexibility index (Phi) is 4.60. The molecule has 0 unspecified atom stereocenters. The highest BCUT2D eigenvalue weighted by molar-refractivity contribution is 5.91. The molecule has 3 rings (SSSR count). The summed E-state index contributed by atoms with van der Waals surface area (Å²) in [5, 5.41) is 9.26. The lowest BCUT2D eigenvalue weighted by Gasteiger charge is -2.03. The highest BCUT2D eigenvalue weighted by Gasteiger charge is 2.11. The highest BCUT2D eigenvalue weighted by Crippen LogP contribution is 2.13. The van der Waals surface area contributed by atoms with Crippen LogP contribution in [0.5, 0.6) is 0 Å². The van der Waals surface area contributed by atoms with Crippen LogP contribution in [0.25, 0.3) is 0 Å². The summed E-state index contributed by atoms with van der Waals surface area (Å²) in [5.41, 5.74) is 1.25. The van der Waals surface area contributed by atoms with Crippen LogP contribution in [-0.4, -0.2) is 21.1 Å². The van der Waals surface area contributed by atoms with Crippen molar-refractivity contribution in [1.82, 2.24) is 15.2 Å². The topological polar surface area (TPSA) is 70.7 Å². The second kappa shape index (κ2) is 6.99. The van der Waals surface area contributed by atoms with E-state index in [1.165, 1.54) is 6.07 Å². The monoisotopic (exact) mass is 328 g/mol. The number of carbonyl (C=O) groups is 1. The van der Waals surface area contributed by atoms with E-state index in [9.17, 15) is 13.6 Å². The quantitative estimate of drug-likeness (QED) is 0.756. The van der Waals surface area contributed by atoms with Crippen molar-refractivity contribution in [3.63, 3.8) is 0 Å². The van der Waals surface area contributed by atoms with E-state index in [0.29, 0.717) is 18.1 Å². The van der Waals surface area contributed by atoms with Gasteiger partial charge in [-0.2, -0.15) is 5.10 Å². The standard InChI is InChI=1S/C17H14F2N4O/c18-13-7-6-12(9-14(13)19)20-17(24)10-16-21-15(22-23-16)8-11-4-2-1-3-5-11/h1-7,9H,8,10H2,(H,20,24)(H,21,22,23). The van der Waals surface area contributed by atoms with E-state index in [4.69, 9.17) is 0 Å². The van der Waals surface area contributed by atoms with Crippen molar-refractivity contribution < 1.29 is 13.6 Å². The molecule has 0 aliphatic carbocycles. The zero-order valence-corrected chi connectivity index (χ0v) is 12.6. The lowest BCUT2D eigenvalue weighted by Crippen LogP contribution is -2.15. The fourth-order valence-corrected chi connectivity index (χ4v) is 2.20. The van der Waals surface area contributed by atoms with Gasteiger partial charge in [-0.25, -0.2) is 13.8 Å². The van der Waals surface area contributed by atoms with Crippen molar-refractivity contribution in [2.24, 2.45) is 0 Å². The van der Waals surface area contributed by atoms with Gasteiger partial charge >= 0.3 is 0 Å². The van der Waals surface area contributed by atoms with Crippen molar-refractivity contribution in [3.05, 3.63) is 77.4 Å². The highest BCUT2D eigenvalue weighted by atomic mass is 19.2. The van der Waals surface area contributed by atoms with E-state index in [-0.39, 0.29) is 12.1 Å². The molecule has 1 amide bonds. The Bertz CT molecular complexity index is 849. The number of nitrogens with one attached hydrogen (secondary N) is 2. The maximum absolute atomic E-state index is 13.1. The predicted molar refractivity (Wildman–Crippen MR) is 84.3 cm³/mol. The smallest absolute Gasteiger partial charge is 0.232 e. The van der Waals surface area contributed by atoms with Crippen molar-refractivity contribution in [3.8, 4) is 0 Å². The molecule has 5 nitrogen and oxygen atoms in total. The third-order valence-corrected chi connectivity index (χ3v) is 3.31. The van der Waals surface area contributed by atoms with E-state index in [1.807, 2.05) is 30.3 Å². The molecule has 0 aliphatic rings. The van der Waals surface area contributed by atoms with E-state index in [2.05, 4.69) is 20.5 Å². The summed E-state index contributed by atoms with van der Waals surface area (Å²) in [6.07, 6.45) is 0.517. The third kappa shape index (κ3) is 4.01. The molecule has 24 heavy (non-hydrogen) atoms. The van der Waals surface area contributed by atoms with Crippen LogP contribution < -0.4 is 5.32 Å². The SMILES string of the molecule is O=C(Cc1n[nH]c(Cc2ccccc2)n1)Nc1ccc(F)c(F)c1. The molecule has 1 heterocycles. The van der Waals surface area contributed by atoms with Gasteiger partial charge < -0.3 is 5.32 Å². The molecule has 1 aromatic heterocycles. The van der Waals surface area contributed by atoms with E-state index in [1.54, 1.807) is 0 Å². The Morgan fingerprint density at radius 2 is 1.88 bits per heavy atom. The van der Waals surface area contributed by atoms with Gasteiger partial charge in [0.2, 0.25) is 5.91 Å². The number of anilines is 1. The van der Waals surface area contributed by atoms with Crippen molar-refractivity contribution in [2.75, 3.05) is 5.32 Å². The fourth-order valence-electron chi connectivity index (χ4n) is 2.20. The van der Waals surface area contributed by atoms with Gasteiger partial charge in [0.25, 0.3) is 0 Å². The summed E-state index contributed by atoms with van der Waals surface area (Å²) in [5.74, 6) is -1.41. The minimum atomic E-state index is -1.02. The van der Waals surface area contributed by atoms with Crippen LogP contribution in [0.1, 0.15) is 17.2 Å². The van der Waals surface area contributed by atoms with Crippen LogP contribution in [0, 0.1) is 11.6 Å². The number of hydrogen-bond acceptors (Lipinski definition) is 3. The first-order chi connectivity index (χ1) is 11.6. The van der Waals surface area contributed by atoms with E-state index in [0.717, 1.165) is 17.7 Å². The second-order valence-electron chi connectivity index (χ2n) is 5.21. The average Bonchev–Trinajstić information content (AvgIpc) is 2.99. The Morgan fingerprint density at radius 3 is 2.62 bits per heavy atom. The molecule has 0 saturated heterocycles. The van der Waals surface area contributed by atoms with Crippen LogP contribution in [0.4, 0.5) is 14.5 Å². The zero-order chi connectivity index (χ0) is 16.9. The number of halogens is 2. The van der Waals surface area contributed by atoms with Crippen molar-refractivity contribution in [2.45, 2.75) is 12.8 Å². The number of aromatic amines is 1. The molecule has 0 aliphatic heterocycles. The predicted octanol–water partition coefficient (Wildman–Crippen LogP) is 2.85. The van der Waals surface area contributed by atoms with Crippen LogP contribution in [0.2, 0.25) is 0 Å². The Labute approximate surface area is 136 Å². The first kappa shape index (κ1) is 15.8. The summed E-state index contributed by atoms with van der Waals surface area (Å²) in [7, 11) is 0. The molecular weight excluding hydrogens is 314 g/mol. The van der Waals surface area contributed by atoms with Crippen molar-refractivity contribution in [1.29, 1.82) is 0 Å². The summed E-state index contributed by atoms with van der Waals surface area (Å²) >= 11 is 0. The first-order valence-corrected chi connectivity index (χ1v) is 7.29. The number of H-pyrrole nitrogens is 1. The maximum atomic E-state index is 13.1. The van der Waals surface area contributed by atoms with Gasteiger partial charge in [-0.15, -0.1) is 0 Å². The molecule has 3 aromatic rings. The van der Waals surface area contributed by atoms with Gasteiger partial charge in [-0.3, -0.25) is 9.89 Å². The van der Waals surface area contributed by atoms with Gasteiger partial charge in [-0.1, -0.05) is 30.3 Å². The first-order valence-electron chi connectivity index (χ1n) is 7.29. The minimum absolute atomic E-state index is 0.0652. The summed E-state index contributed by atoms with van der Waals surface area (Å²) in [6.45, 7) is 0. The second-order valence-corrected chi connectivity index (χ2v) is 5.21. The molecule has 0 spiro atoms. The van der Waals surface area contributed by atoms with E-state index < -0.39 is 17.5 Å². The molecule has 0 fully saturated rings. The molecule has 0 radical (unpaired) electrons. The Hall–Kier alpha value is -3.09. The lowest BCUT2D eigenvalue weighted by atomic mass is 10.1. The Morgan fingerprint density at radius 1 is 1.08 bits per heavy atom. The molecule has 2 aromatic carbocycles. The Balaban J connectivity index is 1.59. The number of nitrogens with zero attached hydrogens (tertiary/aromatic N) is 2. The number of benzene rings is 2. The van der Waals surface area contributed by atoms with Crippen LogP contribution in [0.15, 0.2) is 48.5 Å². The van der Waals surface area contributed by atoms with Gasteiger partial charge in [0.1, 0.15) is 5.82 Å². The van der Waals surface area contributed by atoms with E-state index >= 15 is 0 Å². The summed E-state index contributed by atoms with van der Waals surface area (Å²) < 4.78 is 26.0. The van der Waals surface area contributed by atoms with Crippen LogP contribution in [-0.2, 0) is 17.6 Å². The molecule has 7 heteroatoms. The lowest BCUT2D eigenvalue weighted by molar-refractivity contribution is -0.115. The molecule has 2 N–H and O–H groups in total. The van der Waals surface area contributed by atoms with Gasteiger partial charge in [-0.05, 0) is 17.7 Å². The average molecular weight is 328 g/mol. The van der Waals surface area contributed by atoms with Crippen molar-refractivity contribution >= 4 is 11.6 Å². The largest absolute Gasteiger partial charge is 0.326 e. The molecule has 0 saturated carbocycles. The third-order valence-electron chi connectivity index (χ3n) is 3.31. The number of rotatable bonds is 5. The maximum Gasteiger partial charge on any atom is 0.232 e.